The Kier molecular flexibility index (Phi) is 5.23. The molecule has 0 aliphatic rings. The highest BCUT2D eigenvalue weighted by Crippen LogP contribution is 2.35. The van der Waals surface area contributed by atoms with Gasteiger partial charge in [-0.3, -0.25) is 0 Å². The van der Waals surface area contributed by atoms with E-state index < -0.39 is 5.97 Å². The molecule has 5 heteroatoms. The highest BCUT2D eigenvalue weighted by atomic mass is 16.5. The Bertz CT molecular complexity index is 466. The quantitative estimate of drug-likeness (QED) is 0.604. The predicted octanol–water partition coefficient (Wildman–Crippen LogP) is 2.29. The van der Waals surface area contributed by atoms with Crippen LogP contribution in [0.5, 0.6) is 17.2 Å². The number of carbonyl (C=O) groups excluding carboxylic acids is 1. The van der Waals surface area contributed by atoms with Crippen molar-refractivity contribution in [1.82, 2.24) is 0 Å². The monoisotopic (exact) mass is 266 g/mol. The lowest BCUT2D eigenvalue weighted by Gasteiger charge is -2.13. The molecule has 0 unspecified atom stereocenters. The first kappa shape index (κ1) is 14.9. The van der Waals surface area contributed by atoms with E-state index in [-0.39, 0.29) is 0 Å². The van der Waals surface area contributed by atoms with Gasteiger partial charge in [-0.05, 0) is 13.0 Å². The second-order valence-corrected chi connectivity index (χ2v) is 3.76. The normalized spacial score (nSPS) is 10.9. The summed E-state index contributed by atoms with van der Waals surface area (Å²) in [5.74, 6) is 1.32. The number of benzene rings is 1. The number of hydrogen-bond acceptors (Lipinski definition) is 5. The average molecular weight is 266 g/mol. The van der Waals surface area contributed by atoms with E-state index in [2.05, 4.69) is 4.74 Å². The zero-order chi connectivity index (χ0) is 14.4. The summed E-state index contributed by atoms with van der Waals surface area (Å²) in [6.07, 6.45) is 1.66. The Morgan fingerprint density at radius 2 is 1.53 bits per heavy atom. The first-order chi connectivity index (χ1) is 9.07. The van der Waals surface area contributed by atoms with Gasteiger partial charge in [0, 0.05) is 17.7 Å². The lowest BCUT2D eigenvalue weighted by atomic mass is 10.1. The van der Waals surface area contributed by atoms with Gasteiger partial charge in [0.15, 0.2) is 0 Å². The molecule has 0 aromatic heterocycles. The largest absolute Gasteiger partial charge is 0.496 e. The molecule has 19 heavy (non-hydrogen) atoms. The molecule has 104 valence electrons. The molecular weight excluding hydrogens is 248 g/mol. The third-order valence-electron chi connectivity index (χ3n) is 2.62. The van der Waals surface area contributed by atoms with E-state index in [1.807, 2.05) is 0 Å². The van der Waals surface area contributed by atoms with Gasteiger partial charge in [0.1, 0.15) is 17.2 Å². The molecule has 0 radical (unpaired) electrons. The minimum atomic E-state index is -0.403. The van der Waals surface area contributed by atoms with E-state index in [1.54, 1.807) is 46.5 Å². The van der Waals surface area contributed by atoms with Crippen LogP contribution in [0.3, 0.4) is 0 Å². The first-order valence-corrected chi connectivity index (χ1v) is 5.64. The van der Waals surface area contributed by atoms with Crippen LogP contribution >= 0.6 is 0 Å². The molecule has 0 saturated heterocycles. The van der Waals surface area contributed by atoms with E-state index in [0.717, 1.165) is 0 Å². The third kappa shape index (κ3) is 3.40. The van der Waals surface area contributed by atoms with Crippen molar-refractivity contribution in [2.24, 2.45) is 0 Å². The summed E-state index contributed by atoms with van der Waals surface area (Å²) in [4.78, 5) is 11.4. The van der Waals surface area contributed by atoms with Gasteiger partial charge in [-0.15, -0.1) is 0 Å². The number of hydrogen-bond donors (Lipinski definition) is 0. The first-order valence-electron chi connectivity index (χ1n) is 5.64. The van der Waals surface area contributed by atoms with Crippen molar-refractivity contribution in [1.29, 1.82) is 0 Å². The topological polar surface area (TPSA) is 54.0 Å². The van der Waals surface area contributed by atoms with Crippen molar-refractivity contribution in [3.05, 3.63) is 23.3 Å². The van der Waals surface area contributed by atoms with Crippen LogP contribution in [0.15, 0.2) is 17.7 Å². The zero-order valence-corrected chi connectivity index (χ0v) is 11.8. The summed E-state index contributed by atoms with van der Waals surface area (Å²) in [7, 11) is 5.98. The molecule has 0 saturated carbocycles. The molecule has 0 fully saturated rings. The Balaban J connectivity index is 3.36. The molecule has 0 atom stereocenters. The van der Waals surface area contributed by atoms with Crippen molar-refractivity contribution in [2.75, 3.05) is 28.4 Å². The molecule has 0 heterocycles. The molecule has 0 spiro atoms. The minimum Gasteiger partial charge on any atom is -0.496 e. The smallest absolute Gasteiger partial charge is 0.333 e. The average Bonchev–Trinajstić information content (AvgIpc) is 2.45. The van der Waals surface area contributed by atoms with Crippen LogP contribution in [0.2, 0.25) is 0 Å². The van der Waals surface area contributed by atoms with E-state index in [4.69, 9.17) is 14.2 Å². The standard InChI is InChI=1S/C14H18O5/c1-9(14(15)19-5)6-11-12(17-3)7-10(16-2)8-13(11)18-4/h6-8H,1-5H3/b9-6+. The summed E-state index contributed by atoms with van der Waals surface area (Å²) < 4.78 is 20.4. The summed E-state index contributed by atoms with van der Waals surface area (Å²) in [5, 5.41) is 0. The van der Waals surface area contributed by atoms with E-state index in [9.17, 15) is 4.79 Å². The van der Waals surface area contributed by atoms with Gasteiger partial charge in [-0.2, -0.15) is 0 Å². The Hall–Kier alpha value is -2.17. The molecule has 0 aliphatic heterocycles. The van der Waals surface area contributed by atoms with Crippen LogP contribution < -0.4 is 14.2 Å². The van der Waals surface area contributed by atoms with Crippen LogP contribution in [-0.4, -0.2) is 34.4 Å². The highest BCUT2D eigenvalue weighted by molar-refractivity contribution is 5.94. The van der Waals surface area contributed by atoms with Crippen molar-refractivity contribution in [3.8, 4) is 17.2 Å². The van der Waals surface area contributed by atoms with Crippen LogP contribution in [0.4, 0.5) is 0 Å². The lowest BCUT2D eigenvalue weighted by molar-refractivity contribution is -0.135. The number of rotatable bonds is 5. The maximum atomic E-state index is 11.4. The SMILES string of the molecule is COC(=O)/C(C)=C/c1c(OC)cc(OC)cc1OC. The van der Waals surface area contributed by atoms with Gasteiger partial charge in [0.25, 0.3) is 0 Å². The van der Waals surface area contributed by atoms with E-state index in [0.29, 0.717) is 28.4 Å². The van der Waals surface area contributed by atoms with Gasteiger partial charge < -0.3 is 18.9 Å². The van der Waals surface area contributed by atoms with E-state index >= 15 is 0 Å². The third-order valence-corrected chi connectivity index (χ3v) is 2.62. The Morgan fingerprint density at radius 1 is 1.00 bits per heavy atom. The van der Waals surface area contributed by atoms with Crippen molar-refractivity contribution < 1.29 is 23.7 Å². The molecule has 0 bridgehead atoms. The predicted molar refractivity (Wildman–Crippen MR) is 71.8 cm³/mol. The van der Waals surface area contributed by atoms with Crippen LogP contribution in [0.25, 0.3) is 6.08 Å². The summed E-state index contributed by atoms with van der Waals surface area (Å²) in [5.41, 5.74) is 1.11. The molecule has 1 aromatic carbocycles. The van der Waals surface area contributed by atoms with Crippen LogP contribution in [0.1, 0.15) is 12.5 Å². The van der Waals surface area contributed by atoms with Gasteiger partial charge in [0.05, 0.1) is 34.0 Å². The number of carbonyl (C=O) groups is 1. The second-order valence-electron chi connectivity index (χ2n) is 3.76. The minimum absolute atomic E-state index is 0.403. The maximum Gasteiger partial charge on any atom is 0.333 e. The van der Waals surface area contributed by atoms with Crippen LogP contribution in [0, 0.1) is 0 Å². The highest BCUT2D eigenvalue weighted by Gasteiger charge is 2.13. The molecule has 1 rings (SSSR count). The maximum absolute atomic E-state index is 11.4. The van der Waals surface area contributed by atoms with Crippen molar-refractivity contribution in [3.63, 3.8) is 0 Å². The Morgan fingerprint density at radius 3 is 1.89 bits per heavy atom. The number of methoxy groups -OCH3 is 4. The van der Waals surface area contributed by atoms with Gasteiger partial charge in [-0.1, -0.05) is 0 Å². The van der Waals surface area contributed by atoms with Gasteiger partial charge in [0.2, 0.25) is 0 Å². The summed E-state index contributed by atoms with van der Waals surface area (Å²) >= 11 is 0. The Labute approximate surface area is 112 Å². The second kappa shape index (κ2) is 6.68. The van der Waals surface area contributed by atoms with Gasteiger partial charge >= 0.3 is 5.97 Å². The van der Waals surface area contributed by atoms with Gasteiger partial charge in [-0.25, -0.2) is 4.79 Å². The number of ether oxygens (including phenoxy) is 4. The fraction of sp³-hybridized carbons (Fsp3) is 0.357. The number of esters is 1. The summed E-state index contributed by atoms with van der Waals surface area (Å²) in [6, 6.07) is 3.44. The summed E-state index contributed by atoms with van der Waals surface area (Å²) in [6.45, 7) is 1.66. The zero-order valence-electron chi connectivity index (χ0n) is 11.8. The fourth-order valence-electron chi connectivity index (χ4n) is 1.61. The molecule has 0 N–H and O–H groups in total. The van der Waals surface area contributed by atoms with Crippen LogP contribution in [-0.2, 0) is 9.53 Å². The van der Waals surface area contributed by atoms with Crippen molar-refractivity contribution >= 4 is 12.0 Å². The molecule has 0 amide bonds. The molecular formula is C14H18O5. The molecule has 0 aliphatic carbocycles. The lowest BCUT2D eigenvalue weighted by Crippen LogP contribution is -2.02. The molecule has 5 nitrogen and oxygen atoms in total. The van der Waals surface area contributed by atoms with Crippen molar-refractivity contribution in [2.45, 2.75) is 6.92 Å². The fourth-order valence-corrected chi connectivity index (χ4v) is 1.61. The molecule has 1 aromatic rings. The van der Waals surface area contributed by atoms with E-state index in [1.165, 1.54) is 7.11 Å².